The van der Waals surface area contributed by atoms with Crippen molar-refractivity contribution in [2.24, 2.45) is 5.41 Å². The van der Waals surface area contributed by atoms with E-state index in [1.807, 2.05) is 18.2 Å². The zero-order valence-corrected chi connectivity index (χ0v) is 12.7. The average molecular weight is 290 g/mol. The van der Waals surface area contributed by atoms with Crippen molar-refractivity contribution in [3.8, 4) is 0 Å². The van der Waals surface area contributed by atoms with Crippen molar-refractivity contribution in [2.45, 2.75) is 39.8 Å². The van der Waals surface area contributed by atoms with Crippen LogP contribution in [-0.2, 0) is 17.8 Å². The first-order valence-corrected chi connectivity index (χ1v) is 7.14. The van der Waals surface area contributed by atoms with Crippen LogP contribution in [0.3, 0.4) is 0 Å². The van der Waals surface area contributed by atoms with E-state index in [1.165, 1.54) is 5.56 Å². The molecule has 114 valence electrons. The first-order chi connectivity index (χ1) is 9.79. The van der Waals surface area contributed by atoms with E-state index in [-0.39, 0.29) is 6.03 Å². The number of rotatable bonds is 2. The van der Waals surface area contributed by atoms with Gasteiger partial charge in [-0.3, -0.25) is 0 Å². The first-order valence-electron chi connectivity index (χ1n) is 7.14. The molecule has 0 saturated carbocycles. The highest BCUT2D eigenvalue weighted by Crippen LogP contribution is 2.21. The van der Waals surface area contributed by atoms with E-state index in [1.54, 1.807) is 25.7 Å². The van der Waals surface area contributed by atoms with E-state index in [9.17, 15) is 14.7 Å². The van der Waals surface area contributed by atoms with Gasteiger partial charge in [-0.05, 0) is 23.0 Å². The van der Waals surface area contributed by atoms with Crippen LogP contribution in [0.4, 0.5) is 4.79 Å². The average Bonchev–Trinajstić information content (AvgIpc) is 2.42. The Balaban J connectivity index is 2.06. The van der Waals surface area contributed by atoms with Gasteiger partial charge in [0.25, 0.3) is 0 Å². The smallest absolute Gasteiger partial charge is 0.326 e. The second-order valence-corrected chi connectivity index (χ2v) is 6.53. The second kappa shape index (κ2) is 5.76. The number of hydrogen-bond donors (Lipinski definition) is 2. The number of carbonyl (C=O) groups is 2. The van der Waals surface area contributed by atoms with Gasteiger partial charge < -0.3 is 15.3 Å². The van der Waals surface area contributed by atoms with Crippen molar-refractivity contribution in [1.82, 2.24) is 10.2 Å². The van der Waals surface area contributed by atoms with Gasteiger partial charge in [0, 0.05) is 13.1 Å². The molecule has 2 N–H and O–H groups in total. The Hall–Kier alpha value is -2.04. The van der Waals surface area contributed by atoms with Crippen LogP contribution in [-0.4, -0.2) is 34.6 Å². The molecule has 5 nitrogen and oxygen atoms in total. The number of aliphatic carboxylic acids is 1. The van der Waals surface area contributed by atoms with Crippen LogP contribution in [0.25, 0.3) is 0 Å². The highest BCUT2D eigenvalue weighted by Gasteiger charge is 2.34. The quantitative estimate of drug-likeness (QED) is 0.877. The maximum atomic E-state index is 12.3. The molecule has 1 heterocycles. The van der Waals surface area contributed by atoms with E-state index in [0.29, 0.717) is 13.1 Å². The SMILES string of the molecule is CC(C)(C)[C@@H](NC(=O)N1CCc2ccccc2C1)C(=O)O. The summed E-state index contributed by atoms with van der Waals surface area (Å²) in [7, 11) is 0. The molecular weight excluding hydrogens is 268 g/mol. The molecule has 1 atom stereocenters. The number of nitrogens with zero attached hydrogens (tertiary/aromatic N) is 1. The largest absolute Gasteiger partial charge is 0.480 e. The van der Waals surface area contributed by atoms with Crippen LogP contribution in [0.2, 0.25) is 0 Å². The number of hydrogen-bond acceptors (Lipinski definition) is 2. The maximum absolute atomic E-state index is 12.3. The normalized spacial score (nSPS) is 16.0. The molecule has 1 aliphatic heterocycles. The monoisotopic (exact) mass is 290 g/mol. The Morgan fingerprint density at radius 3 is 2.43 bits per heavy atom. The van der Waals surface area contributed by atoms with Crippen LogP contribution in [0.15, 0.2) is 24.3 Å². The van der Waals surface area contributed by atoms with E-state index >= 15 is 0 Å². The van der Waals surface area contributed by atoms with Crippen LogP contribution in [0.1, 0.15) is 31.9 Å². The van der Waals surface area contributed by atoms with E-state index in [0.717, 1.165) is 12.0 Å². The predicted octanol–water partition coefficient (Wildman–Crippen LogP) is 2.25. The number of nitrogens with one attached hydrogen (secondary N) is 1. The topological polar surface area (TPSA) is 69.6 Å². The van der Waals surface area contributed by atoms with Gasteiger partial charge in [0.2, 0.25) is 0 Å². The van der Waals surface area contributed by atoms with E-state index < -0.39 is 17.4 Å². The number of urea groups is 1. The minimum atomic E-state index is -1.01. The summed E-state index contributed by atoms with van der Waals surface area (Å²) >= 11 is 0. The fourth-order valence-electron chi connectivity index (χ4n) is 2.53. The molecule has 2 rings (SSSR count). The molecule has 1 aromatic rings. The molecule has 0 bridgehead atoms. The number of carbonyl (C=O) groups excluding carboxylic acids is 1. The molecule has 1 aromatic carbocycles. The Morgan fingerprint density at radius 2 is 1.86 bits per heavy atom. The van der Waals surface area contributed by atoms with Crippen molar-refractivity contribution >= 4 is 12.0 Å². The minimum Gasteiger partial charge on any atom is -0.480 e. The lowest BCUT2D eigenvalue weighted by Gasteiger charge is -2.33. The number of fused-ring (bicyclic) bond motifs is 1. The lowest BCUT2D eigenvalue weighted by Crippen LogP contribution is -2.54. The number of benzene rings is 1. The molecule has 5 heteroatoms. The molecule has 0 aromatic heterocycles. The summed E-state index contributed by atoms with van der Waals surface area (Å²) in [6, 6.07) is 6.81. The molecule has 0 spiro atoms. The van der Waals surface area contributed by atoms with Crippen molar-refractivity contribution in [3.63, 3.8) is 0 Å². The van der Waals surface area contributed by atoms with Crippen LogP contribution < -0.4 is 5.32 Å². The van der Waals surface area contributed by atoms with E-state index in [2.05, 4.69) is 11.4 Å². The second-order valence-electron chi connectivity index (χ2n) is 6.53. The lowest BCUT2D eigenvalue weighted by atomic mass is 9.87. The van der Waals surface area contributed by atoms with Gasteiger partial charge in [0.15, 0.2) is 0 Å². The molecule has 0 fully saturated rings. The Labute approximate surface area is 125 Å². The summed E-state index contributed by atoms with van der Waals surface area (Å²) in [6.07, 6.45) is 0.802. The fourth-order valence-corrected chi connectivity index (χ4v) is 2.53. The van der Waals surface area contributed by atoms with Gasteiger partial charge in [-0.2, -0.15) is 0 Å². The predicted molar refractivity (Wildman–Crippen MR) is 80.0 cm³/mol. The Kier molecular flexibility index (Phi) is 4.21. The number of amides is 2. The molecular formula is C16H22N2O3. The third-order valence-electron chi connectivity index (χ3n) is 3.80. The molecule has 21 heavy (non-hydrogen) atoms. The molecule has 0 aliphatic carbocycles. The van der Waals surface area contributed by atoms with Crippen molar-refractivity contribution in [3.05, 3.63) is 35.4 Å². The zero-order chi connectivity index (χ0) is 15.6. The molecule has 0 unspecified atom stereocenters. The highest BCUT2D eigenvalue weighted by molar-refractivity contribution is 5.83. The van der Waals surface area contributed by atoms with Crippen molar-refractivity contribution in [1.29, 1.82) is 0 Å². The van der Waals surface area contributed by atoms with Gasteiger partial charge in [-0.25, -0.2) is 9.59 Å². The van der Waals surface area contributed by atoms with Crippen molar-refractivity contribution in [2.75, 3.05) is 6.54 Å². The Morgan fingerprint density at radius 1 is 1.24 bits per heavy atom. The third kappa shape index (κ3) is 3.54. The highest BCUT2D eigenvalue weighted by atomic mass is 16.4. The summed E-state index contributed by atoms with van der Waals surface area (Å²) in [5.41, 5.74) is 1.85. The van der Waals surface area contributed by atoms with Gasteiger partial charge in [0.05, 0.1) is 0 Å². The van der Waals surface area contributed by atoms with Gasteiger partial charge in [-0.1, -0.05) is 45.0 Å². The van der Waals surface area contributed by atoms with Gasteiger partial charge in [-0.15, -0.1) is 0 Å². The van der Waals surface area contributed by atoms with Crippen LogP contribution in [0, 0.1) is 5.41 Å². The standard InChI is InChI=1S/C16H22N2O3/c1-16(2,3)13(14(19)20)17-15(21)18-9-8-11-6-4-5-7-12(11)10-18/h4-7,13H,8-10H2,1-3H3,(H,17,21)(H,19,20)/t13-/m0/s1. The summed E-state index contributed by atoms with van der Waals surface area (Å²) in [6.45, 7) is 6.55. The van der Waals surface area contributed by atoms with Gasteiger partial charge in [0.1, 0.15) is 6.04 Å². The van der Waals surface area contributed by atoms with Crippen LogP contribution in [0.5, 0.6) is 0 Å². The van der Waals surface area contributed by atoms with Crippen molar-refractivity contribution < 1.29 is 14.7 Å². The Bertz CT molecular complexity index is 549. The number of carboxylic acid groups (broad SMARTS) is 1. The first kappa shape index (κ1) is 15.4. The summed E-state index contributed by atoms with van der Waals surface area (Å²) in [4.78, 5) is 25.3. The third-order valence-corrected chi connectivity index (χ3v) is 3.80. The lowest BCUT2D eigenvalue weighted by molar-refractivity contribution is -0.142. The summed E-state index contributed by atoms with van der Waals surface area (Å²) < 4.78 is 0. The maximum Gasteiger partial charge on any atom is 0.326 e. The summed E-state index contributed by atoms with van der Waals surface area (Å²) in [5, 5.41) is 11.9. The number of carboxylic acids is 1. The molecule has 0 saturated heterocycles. The molecule has 1 aliphatic rings. The summed E-state index contributed by atoms with van der Waals surface area (Å²) in [5.74, 6) is -1.01. The zero-order valence-electron chi connectivity index (χ0n) is 12.7. The fraction of sp³-hybridized carbons (Fsp3) is 0.500. The van der Waals surface area contributed by atoms with E-state index in [4.69, 9.17) is 0 Å². The van der Waals surface area contributed by atoms with Crippen LogP contribution >= 0.6 is 0 Å². The molecule has 2 amide bonds. The molecule has 0 radical (unpaired) electrons. The van der Waals surface area contributed by atoms with Gasteiger partial charge >= 0.3 is 12.0 Å². The minimum absolute atomic E-state index is 0.313.